The number of amides is 1. The third kappa shape index (κ3) is 6.02. The highest BCUT2D eigenvalue weighted by molar-refractivity contribution is 5.88. The molecule has 2 aromatic rings. The highest BCUT2D eigenvalue weighted by Gasteiger charge is 2.60. The van der Waals surface area contributed by atoms with Gasteiger partial charge in [-0.3, -0.25) is 4.79 Å². The largest absolute Gasteiger partial charge is 0.496 e. The lowest BCUT2D eigenvalue weighted by molar-refractivity contribution is -0.154. The molecule has 0 radical (unpaired) electrons. The molecule has 7 atom stereocenters. The number of rotatable bonds is 8. The predicted octanol–water partition coefficient (Wildman–Crippen LogP) is 6.84. The van der Waals surface area contributed by atoms with Gasteiger partial charge in [-0.25, -0.2) is 4.79 Å². The molecule has 0 spiro atoms. The molecule has 1 amide bonds. The molecule has 2 N–H and O–H groups in total. The van der Waals surface area contributed by atoms with Crippen LogP contribution in [-0.4, -0.2) is 53.3 Å². The summed E-state index contributed by atoms with van der Waals surface area (Å²) in [7, 11) is 1.68. The number of fused-ring (bicyclic) bond motifs is 2. The topological polar surface area (TPSA) is 88.1 Å². The number of methoxy groups -OCH3 is 1. The standard InChI is InChI=1S/C37H52N2O5/c1-21(2)25-12-10-11-13-26(25)32-31(38-20-22-18-23(36(3,4)5)14-16-28(22)43-9)30(37(6,7)8)33(35(41)42)39(32)34(40)27-19-24-15-17-29(27)44-24/h10-14,16,18,21,24,27,29-33,38H,15,17,19-20H2,1-9H3,(H,41,42)/t24-,27-,29+,30+,31+,32+,33+/m1/s1. The van der Waals surface area contributed by atoms with Crippen molar-refractivity contribution in [3.05, 3.63) is 64.7 Å². The van der Waals surface area contributed by atoms with Crippen LogP contribution in [0.25, 0.3) is 0 Å². The summed E-state index contributed by atoms with van der Waals surface area (Å²) in [6.07, 6.45) is 2.46. The number of ether oxygens (including phenoxy) is 2. The number of hydrogen-bond donors (Lipinski definition) is 2. The van der Waals surface area contributed by atoms with Gasteiger partial charge < -0.3 is 24.8 Å². The van der Waals surface area contributed by atoms with Crippen LogP contribution >= 0.6 is 0 Å². The average molecular weight is 605 g/mol. The van der Waals surface area contributed by atoms with Gasteiger partial charge in [0.1, 0.15) is 11.8 Å². The normalized spacial score (nSPS) is 28.6. The lowest BCUT2D eigenvalue weighted by atomic mass is 9.72. The van der Waals surface area contributed by atoms with Gasteiger partial charge in [-0.05, 0) is 58.8 Å². The number of likely N-dealkylation sites (tertiary alicyclic amines) is 1. The number of carboxylic acids is 1. The maximum Gasteiger partial charge on any atom is 0.326 e. The van der Waals surface area contributed by atoms with E-state index >= 15 is 0 Å². The molecule has 3 aliphatic heterocycles. The lowest BCUT2D eigenvalue weighted by Crippen LogP contribution is -2.50. The molecule has 5 rings (SSSR count). The Morgan fingerprint density at radius 2 is 1.77 bits per heavy atom. The van der Waals surface area contributed by atoms with Crippen molar-refractivity contribution in [2.24, 2.45) is 17.3 Å². The molecule has 3 aliphatic rings. The van der Waals surface area contributed by atoms with Gasteiger partial charge >= 0.3 is 5.97 Å². The molecule has 7 nitrogen and oxygen atoms in total. The van der Waals surface area contributed by atoms with E-state index in [0.29, 0.717) is 13.0 Å². The summed E-state index contributed by atoms with van der Waals surface area (Å²) >= 11 is 0. The number of carbonyl (C=O) groups excluding carboxylic acids is 1. The Labute approximate surface area is 263 Å². The monoisotopic (exact) mass is 604 g/mol. The number of aliphatic carboxylic acids is 1. The molecule has 44 heavy (non-hydrogen) atoms. The van der Waals surface area contributed by atoms with Crippen LogP contribution in [0.5, 0.6) is 5.75 Å². The average Bonchev–Trinajstić information content (AvgIpc) is 3.68. The summed E-state index contributed by atoms with van der Waals surface area (Å²) in [5, 5.41) is 14.8. The maximum absolute atomic E-state index is 14.7. The molecule has 0 saturated carbocycles. The van der Waals surface area contributed by atoms with Crippen molar-refractivity contribution in [3.8, 4) is 5.75 Å². The van der Waals surface area contributed by atoms with Crippen molar-refractivity contribution < 1.29 is 24.2 Å². The van der Waals surface area contributed by atoms with Gasteiger partial charge in [0.25, 0.3) is 0 Å². The van der Waals surface area contributed by atoms with Crippen molar-refractivity contribution in [1.82, 2.24) is 10.2 Å². The van der Waals surface area contributed by atoms with Crippen molar-refractivity contribution in [3.63, 3.8) is 0 Å². The van der Waals surface area contributed by atoms with Gasteiger partial charge in [0.05, 0.1) is 31.3 Å². The second-order valence-electron chi connectivity index (χ2n) is 15.5. The summed E-state index contributed by atoms with van der Waals surface area (Å²) in [5.74, 6) is -0.713. The van der Waals surface area contributed by atoms with Crippen LogP contribution in [0.1, 0.15) is 109 Å². The smallest absolute Gasteiger partial charge is 0.326 e. The molecule has 3 fully saturated rings. The molecule has 7 heteroatoms. The van der Waals surface area contributed by atoms with Crippen molar-refractivity contribution in [2.45, 2.75) is 123 Å². The van der Waals surface area contributed by atoms with Crippen molar-refractivity contribution in [2.75, 3.05) is 7.11 Å². The third-order valence-electron chi connectivity index (χ3n) is 10.2. The van der Waals surface area contributed by atoms with Crippen LogP contribution in [0.4, 0.5) is 0 Å². The zero-order chi connectivity index (χ0) is 32.1. The minimum Gasteiger partial charge on any atom is -0.496 e. The molecule has 3 saturated heterocycles. The number of carbonyl (C=O) groups is 2. The number of carboxylic acid groups (broad SMARTS) is 1. The minimum atomic E-state index is -0.979. The summed E-state index contributed by atoms with van der Waals surface area (Å²) in [4.78, 5) is 29.8. The van der Waals surface area contributed by atoms with E-state index in [2.05, 4.69) is 85.0 Å². The fourth-order valence-corrected chi connectivity index (χ4v) is 8.06. The van der Waals surface area contributed by atoms with E-state index in [1.165, 1.54) is 5.56 Å². The first-order valence-corrected chi connectivity index (χ1v) is 16.3. The summed E-state index contributed by atoms with van der Waals surface area (Å²) in [5.41, 5.74) is 3.92. The predicted molar refractivity (Wildman–Crippen MR) is 173 cm³/mol. The molecule has 2 aromatic carbocycles. The number of benzene rings is 2. The van der Waals surface area contributed by atoms with Crippen molar-refractivity contribution >= 4 is 11.9 Å². The zero-order valence-corrected chi connectivity index (χ0v) is 28.0. The minimum absolute atomic E-state index is 0.0403. The number of nitrogens with one attached hydrogen (secondary N) is 1. The van der Waals surface area contributed by atoms with E-state index in [-0.39, 0.29) is 47.3 Å². The lowest BCUT2D eigenvalue weighted by Gasteiger charge is -2.36. The molecule has 0 aromatic heterocycles. The first kappa shape index (κ1) is 32.5. The van der Waals surface area contributed by atoms with Gasteiger partial charge in [-0.15, -0.1) is 0 Å². The van der Waals surface area contributed by atoms with Crippen LogP contribution in [0.2, 0.25) is 0 Å². The fraction of sp³-hybridized carbons (Fsp3) is 0.622. The Kier molecular flexibility index (Phi) is 8.96. The Bertz CT molecular complexity index is 1370. The van der Waals surface area contributed by atoms with E-state index in [1.807, 2.05) is 18.2 Å². The fourth-order valence-electron chi connectivity index (χ4n) is 8.06. The van der Waals surface area contributed by atoms with Crippen LogP contribution < -0.4 is 10.1 Å². The maximum atomic E-state index is 14.7. The Morgan fingerprint density at radius 1 is 1.07 bits per heavy atom. The molecule has 240 valence electrons. The van der Waals surface area contributed by atoms with Crippen LogP contribution in [0, 0.1) is 17.3 Å². The summed E-state index contributed by atoms with van der Waals surface area (Å²) in [6, 6.07) is 12.8. The molecule has 0 aliphatic carbocycles. The first-order chi connectivity index (χ1) is 20.6. The van der Waals surface area contributed by atoms with Gasteiger partial charge in [-0.2, -0.15) is 0 Å². The van der Waals surface area contributed by atoms with E-state index < -0.39 is 23.5 Å². The highest BCUT2D eigenvalue weighted by Crippen LogP contribution is 2.51. The molecular weight excluding hydrogens is 552 g/mol. The number of hydrogen-bond acceptors (Lipinski definition) is 5. The summed E-state index contributed by atoms with van der Waals surface area (Å²) < 4.78 is 11.9. The Balaban J connectivity index is 1.65. The molecule has 2 bridgehead atoms. The van der Waals surface area contributed by atoms with Gasteiger partial charge in [0, 0.05) is 24.1 Å². The van der Waals surface area contributed by atoms with E-state index in [4.69, 9.17) is 9.47 Å². The molecule has 3 heterocycles. The van der Waals surface area contributed by atoms with Gasteiger partial charge in [0.2, 0.25) is 5.91 Å². The Hall–Kier alpha value is -2.90. The molecule has 0 unspecified atom stereocenters. The van der Waals surface area contributed by atoms with E-state index in [0.717, 1.165) is 35.3 Å². The third-order valence-corrected chi connectivity index (χ3v) is 10.2. The Morgan fingerprint density at radius 3 is 2.32 bits per heavy atom. The zero-order valence-electron chi connectivity index (χ0n) is 28.0. The van der Waals surface area contributed by atoms with Gasteiger partial charge in [-0.1, -0.05) is 91.8 Å². The SMILES string of the molecule is COc1ccc(C(C)(C)C)cc1CN[C@H]1[C@H](C(C)(C)C)[C@@H](C(=O)O)N(C(=O)[C@@H]2C[C@H]3CC[C@@H]2O3)[C@H]1c1ccccc1C(C)C. The van der Waals surface area contributed by atoms with E-state index in [9.17, 15) is 14.7 Å². The second-order valence-corrected chi connectivity index (χ2v) is 15.5. The number of nitrogens with zero attached hydrogens (tertiary/aromatic N) is 1. The molecular formula is C37H52N2O5. The van der Waals surface area contributed by atoms with Gasteiger partial charge in [0.15, 0.2) is 0 Å². The highest BCUT2D eigenvalue weighted by atomic mass is 16.5. The second kappa shape index (κ2) is 12.1. The van der Waals surface area contributed by atoms with Crippen molar-refractivity contribution in [1.29, 1.82) is 0 Å². The quantitative estimate of drug-likeness (QED) is 0.343. The van der Waals surface area contributed by atoms with E-state index in [1.54, 1.807) is 12.0 Å². The van der Waals surface area contributed by atoms with Crippen LogP contribution in [0.15, 0.2) is 42.5 Å². The first-order valence-electron chi connectivity index (χ1n) is 16.3. The van der Waals surface area contributed by atoms with Crippen LogP contribution in [-0.2, 0) is 26.3 Å². The van der Waals surface area contributed by atoms with Crippen LogP contribution in [0.3, 0.4) is 0 Å². The summed E-state index contributed by atoms with van der Waals surface area (Å²) in [6.45, 7) is 17.7.